The van der Waals surface area contributed by atoms with Crippen LogP contribution in [0, 0.1) is 18.6 Å². The molecule has 7 heteroatoms. The van der Waals surface area contributed by atoms with Gasteiger partial charge in [-0.15, -0.1) is 0 Å². The Hall–Kier alpha value is -3.16. The molecule has 2 aromatic carbocycles. The third-order valence-corrected chi connectivity index (χ3v) is 6.51. The quantitative estimate of drug-likeness (QED) is 0.448. The summed E-state index contributed by atoms with van der Waals surface area (Å²) < 4.78 is 27.3. The van der Waals surface area contributed by atoms with Gasteiger partial charge in [0.05, 0.1) is 12.1 Å². The summed E-state index contributed by atoms with van der Waals surface area (Å²) in [5.41, 5.74) is 5.96. The van der Waals surface area contributed by atoms with E-state index >= 15 is 0 Å². The number of hydrogen-bond acceptors (Lipinski definition) is 4. The van der Waals surface area contributed by atoms with Crippen molar-refractivity contribution in [3.05, 3.63) is 88.7 Å². The Kier molecular flexibility index (Phi) is 7.88. The number of aryl methyl sites for hydroxylation is 2. The highest BCUT2D eigenvalue weighted by atomic mass is 19.1. The topological polar surface area (TPSA) is 74.2 Å². The molecule has 0 radical (unpaired) electrons. The summed E-state index contributed by atoms with van der Waals surface area (Å²) in [6.45, 7) is 3.54. The van der Waals surface area contributed by atoms with Gasteiger partial charge in [0, 0.05) is 43.0 Å². The highest BCUT2D eigenvalue weighted by Gasteiger charge is 2.25. The smallest absolute Gasteiger partial charge is 0.217 e. The molecule has 3 aromatic rings. The first kappa shape index (κ1) is 24.9. The second-order valence-corrected chi connectivity index (χ2v) is 9.31. The van der Waals surface area contributed by atoms with Gasteiger partial charge in [0.2, 0.25) is 5.91 Å². The fraction of sp³-hybridized carbons (Fsp3) is 0.357. The zero-order valence-electron chi connectivity index (χ0n) is 20.0. The summed E-state index contributed by atoms with van der Waals surface area (Å²) in [4.78, 5) is 16.2. The van der Waals surface area contributed by atoms with Gasteiger partial charge < -0.3 is 15.7 Å². The van der Waals surface area contributed by atoms with Crippen molar-refractivity contribution in [2.24, 2.45) is 0 Å². The van der Waals surface area contributed by atoms with E-state index in [0.717, 1.165) is 42.1 Å². The van der Waals surface area contributed by atoms with Crippen molar-refractivity contribution in [2.45, 2.75) is 57.7 Å². The van der Waals surface area contributed by atoms with E-state index in [4.69, 9.17) is 0 Å². The second-order valence-electron chi connectivity index (χ2n) is 9.31. The van der Waals surface area contributed by atoms with E-state index in [2.05, 4.69) is 39.9 Å². The van der Waals surface area contributed by atoms with Crippen LogP contribution >= 0.6 is 0 Å². The van der Waals surface area contributed by atoms with Crippen LogP contribution in [0.25, 0.3) is 11.1 Å². The Balaban J connectivity index is 1.48. The molecule has 1 heterocycles. The Morgan fingerprint density at radius 2 is 1.86 bits per heavy atom. The molecule has 35 heavy (non-hydrogen) atoms. The molecular weight excluding hydrogens is 448 g/mol. The Bertz CT molecular complexity index is 1160. The predicted molar refractivity (Wildman–Crippen MR) is 132 cm³/mol. The zero-order valence-corrected chi connectivity index (χ0v) is 20.0. The minimum atomic E-state index is -0.944. The summed E-state index contributed by atoms with van der Waals surface area (Å²) in [5, 5.41) is 17.1. The number of carbonyl (C=O) groups is 1. The number of aliphatic hydroxyl groups is 1. The van der Waals surface area contributed by atoms with Crippen LogP contribution < -0.4 is 10.6 Å². The zero-order chi connectivity index (χ0) is 24.9. The molecule has 3 N–H and O–H groups in total. The number of aliphatic hydroxyl groups excluding tert-OH is 1. The first-order valence-electron chi connectivity index (χ1n) is 12.0. The molecule has 4 rings (SSSR count). The van der Waals surface area contributed by atoms with Crippen LogP contribution in [0.5, 0.6) is 0 Å². The molecule has 1 amide bonds. The van der Waals surface area contributed by atoms with Crippen LogP contribution in [-0.4, -0.2) is 34.7 Å². The molecule has 5 nitrogen and oxygen atoms in total. The Labute approximate surface area is 204 Å². The maximum atomic E-state index is 13.6. The van der Waals surface area contributed by atoms with Crippen LogP contribution in [0.2, 0.25) is 0 Å². The summed E-state index contributed by atoms with van der Waals surface area (Å²) in [6.07, 6.45) is 4.00. The first-order chi connectivity index (χ1) is 16.8. The predicted octanol–water partition coefficient (Wildman–Crippen LogP) is 4.41. The van der Waals surface area contributed by atoms with Crippen molar-refractivity contribution >= 4 is 5.91 Å². The largest absolute Gasteiger partial charge is 0.390 e. The number of nitrogens with one attached hydrogen (secondary N) is 2. The molecule has 1 aromatic heterocycles. The Morgan fingerprint density at radius 1 is 1.11 bits per heavy atom. The SMILES string of the molecule is CC(=O)NC(Cc1cc(F)cc(F)c1)C(O)CNC1CCCc2ccc(-c3ccc(C)nc3)cc21. The molecule has 0 saturated heterocycles. The summed E-state index contributed by atoms with van der Waals surface area (Å²) in [7, 11) is 0. The lowest BCUT2D eigenvalue weighted by atomic mass is 9.85. The van der Waals surface area contributed by atoms with Crippen LogP contribution in [0.1, 0.15) is 48.2 Å². The van der Waals surface area contributed by atoms with Gasteiger partial charge in [-0.05, 0) is 79.1 Å². The fourth-order valence-electron chi connectivity index (χ4n) is 4.76. The summed E-state index contributed by atoms with van der Waals surface area (Å²) in [6, 6.07) is 13.1. The third-order valence-electron chi connectivity index (χ3n) is 6.51. The number of carbonyl (C=O) groups excluding carboxylic acids is 1. The molecule has 184 valence electrons. The van der Waals surface area contributed by atoms with Gasteiger partial charge >= 0.3 is 0 Å². The van der Waals surface area contributed by atoms with Crippen molar-refractivity contribution in [1.29, 1.82) is 0 Å². The maximum absolute atomic E-state index is 13.6. The summed E-state index contributed by atoms with van der Waals surface area (Å²) >= 11 is 0. The average molecular weight is 480 g/mol. The average Bonchev–Trinajstić information content (AvgIpc) is 2.81. The monoisotopic (exact) mass is 479 g/mol. The van der Waals surface area contributed by atoms with Crippen molar-refractivity contribution in [2.75, 3.05) is 6.54 Å². The molecule has 0 spiro atoms. The van der Waals surface area contributed by atoms with E-state index in [1.54, 1.807) is 0 Å². The number of halogens is 2. The number of pyridine rings is 1. The first-order valence-corrected chi connectivity index (χ1v) is 12.0. The number of hydrogen-bond donors (Lipinski definition) is 3. The normalized spacial score (nSPS) is 16.9. The van der Waals surface area contributed by atoms with E-state index in [1.807, 2.05) is 19.2 Å². The van der Waals surface area contributed by atoms with Crippen LogP contribution in [0.3, 0.4) is 0 Å². The van der Waals surface area contributed by atoms with Crippen LogP contribution in [0.4, 0.5) is 8.78 Å². The molecular formula is C28H31F2N3O2. The number of fused-ring (bicyclic) bond motifs is 1. The van der Waals surface area contributed by atoms with Gasteiger partial charge in [-0.3, -0.25) is 9.78 Å². The molecule has 1 aliphatic carbocycles. The van der Waals surface area contributed by atoms with Crippen LogP contribution in [0.15, 0.2) is 54.7 Å². The highest BCUT2D eigenvalue weighted by molar-refractivity contribution is 5.73. The van der Waals surface area contributed by atoms with Gasteiger partial charge in [0.1, 0.15) is 11.6 Å². The van der Waals surface area contributed by atoms with E-state index < -0.39 is 23.8 Å². The lowest BCUT2D eigenvalue weighted by molar-refractivity contribution is -0.120. The van der Waals surface area contributed by atoms with Crippen molar-refractivity contribution in [1.82, 2.24) is 15.6 Å². The highest BCUT2D eigenvalue weighted by Crippen LogP contribution is 2.33. The second kappa shape index (κ2) is 11.1. The molecule has 0 bridgehead atoms. The number of aromatic nitrogens is 1. The van der Waals surface area contributed by atoms with Gasteiger partial charge in [-0.2, -0.15) is 0 Å². The van der Waals surface area contributed by atoms with Crippen molar-refractivity contribution in [3.8, 4) is 11.1 Å². The van der Waals surface area contributed by atoms with E-state index in [0.29, 0.717) is 5.56 Å². The molecule has 0 fully saturated rings. The molecule has 0 saturated carbocycles. The lowest BCUT2D eigenvalue weighted by Gasteiger charge is -2.30. The van der Waals surface area contributed by atoms with E-state index in [-0.39, 0.29) is 24.9 Å². The molecule has 1 aliphatic rings. The van der Waals surface area contributed by atoms with Gasteiger partial charge in [-0.25, -0.2) is 8.78 Å². The minimum Gasteiger partial charge on any atom is -0.390 e. The van der Waals surface area contributed by atoms with Gasteiger partial charge in [0.25, 0.3) is 0 Å². The molecule has 3 atom stereocenters. The van der Waals surface area contributed by atoms with E-state index in [1.165, 1.54) is 30.2 Å². The minimum absolute atomic E-state index is 0.0522. The Morgan fingerprint density at radius 3 is 2.54 bits per heavy atom. The van der Waals surface area contributed by atoms with Crippen molar-refractivity contribution in [3.63, 3.8) is 0 Å². The number of nitrogens with zero attached hydrogens (tertiary/aromatic N) is 1. The maximum Gasteiger partial charge on any atom is 0.217 e. The number of amides is 1. The van der Waals surface area contributed by atoms with Crippen LogP contribution in [-0.2, 0) is 17.6 Å². The molecule has 3 unspecified atom stereocenters. The lowest BCUT2D eigenvalue weighted by Crippen LogP contribution is -2.48. The number of rotatable bonds is 8. The molecule has 0 aliphatic heterocycles. The fourth-order valence-corrected chi connectivity index (χ4v) is 4.76. The third kappa shape index (κ3) is 6.50. The summed E-state index contributed by atoms with van der Waals surface area (Å²) in [5.74, 6) is -1.69. The van der Waals surface area contributed by atoms with E-state index in [9.17, 15) is 18.7 Å². The van der Waals surface area contributed by atoms with Gasteiger partial charge in [-0.1, -0.05) is 18.2 Å². The van der Waals surface area contributed by atoms with Crippen molar-refractivity contribution < 1.29 is 18.7 Å². The number of benzene rings is 2. The standard InChI is InChI=1S/C28H31F2N3O2/c1-17-6-7-22(15-31-17)21-9-8-20-4-3-5-26(25(20)13-21)32-16-28(35)27(33-18(2)34)12-19-10-23(29)14-24(30)11-19/h6-11,13-15,26-28,32,35H,3-5,12,16H2,1-2H3,(H,33,34). The van der Waals surface area contributed by atoms with Gasteiger partial charge in [0.15, 0.2) is 0 Å².